The maximum absolute atomic E-state index is 13.0. The van der Waals surface area contributed by atoms with E-state index >= 15 is 0 Å². The molecule has 58 valence electrons. The average molecular weight is 147 g/mol. The van der Waals surface area contributed by atoms with Gasteiger partial charge in [0, 0.05) is 12.5 Å². The lowest BCUT2D eigenvalue weighted by Crippen LogP contribution is -2.32. The number of hydrogen-bond acceptors (Lipinski definition) is 2. The first kappa shape index (κ1) is 7.47. The minimum atomic E-state index is -2.04. The van der Waals surface area contributed by atoms with Crippen LogP contribution in [0.25, 0.3) is 0 Å². The highest BCUT2D eigenvalue weighted by Crippen LogP contribution is 2.32. The van der Waals surface area contributed by atoms with Gasteiger partial charge in [-0.3, -0.25) is 0 Å². The summed E-state index contributed by atoms with van der Waals surface area (Å²) >= 11 is 0. The highest BCUT2D eigenvalue weighted by Gasteiger charge is 2.44. The second-order valence-electron chi connectivity index (χ2n) is 2.77. The fraction of sp³-hybridized carbons (Fsp3) is 0.833. The number of hydrogen-bond donors (Lipinski definition) is 2. The summed E-state index contributed by atoms with van der Waals surface area (Å²) in [4.78, 5) is 10.2. The van der Waals surface area contributed by atoms with Crippen molar-refractivity contribution < 1.29 is 14.3 Å². The van der Waals surface area contributed by atoms with Crippen molar-refractivity contribution in [3.63, 3.8) is 0 Å². The Bertz CT molecular complexity index is 162. The third kappa shape index (κ3) is 1.11. The SMILES string of the molecule is NC1CCC(F)(C(=O)O)C1. The summed E-state index contributed by atoms with van der Waals surface area (Å²) < 4.78 is 13.0. The Morgan fingerprint density at radius 3 is 2.60 bits per heavy atom. The number of rotatable bonds is 1. The van der Waals surface area contributed by atoms with Crippen molar-refractivity contribution >= 4 is 5.97 Å². The number of carboxylic acid groups (broad SMARTS) is 1. The largest absolute Gasteiger partial charge is 0.479 e. The molecule has 0 heterocycles. The van der Waals surface area contributed by atoms with Crippen LogP contribution in [0.5, 0.6) is 0 Å². The Morgan fingerprint density at radius 2 is 2.40 bits per heavy atom. The van der Waals surface area contributed by atoms with Gasteiger partial charge in [0.25, 0.3) is 0 Å². The van der Waals surface area contributed by atoms with Crippen molar-refractivity contribution in [2.24, 2.45) is 5.73 Å². The summed E-state index contributed by atoms with van der Waals surface area (Å²) in [5, 5.41) is 8.36. The van der Waals surface area contributed by atoms with Crippen LogP contribution in [0.3, 0.4) is 0 Å². The molecule has 1 saturated carbocycles. The van der Waals surface area contributed by atoms with Gasteiger partial charge in [0.1, 0.15) is 0 Å². The molecule has 0 spiro atoms. The maximum atomic E-state index is 13.0. The van der Waals surface area contributed by atoms with Crippen LogP contribution in [-0.4, -0.2) is 22.8 Å². The summed E-state index contributed by atoms with van der Waals surface area (Å²) in [6.45, 7) is 0. The minimum Gasteiger partial charge on any atom is -0.479 e. The van der Waals surface area contributed by atoms with E-state index < -0.39 is 11.6 Å². The van der Waals surface area contributed by atoms with Crippen molar-refractivity contribution in [1.82, 2.24) is 0 Å². The molecule has 1 rings (SSSR count). The summed E-state index contributed by atoms with van der Waals surface area (Å²) in [7, 11) is 0. The number of aliphatic carboxylic acids is 1. The van der Waals surface area contributed by atoms with Crippen LogP contribution in [0.15, 0.2) is 0 Å². The van der Waals surface area contributed by atoms with Gasteiger partial charge < -0.3 is 10.8 Å². The molecule has 2 atom stereocenters. The van der Waals surface area contributed by atoms with Crippen LogP contribution in [0, 0.1) is 0 Å². The first-order valence-corrected chi connectivity index (χ1v) is 3.22. The molecule has 0 radical (unpaired) electrons. The number of carboxylic acids is 1. The summed E-state index contributed by atoms with van der Waals surface area (Å²) in [6, 6.07) is -0.277. The van der Waals surface area contributed by atoms with Crippen LogP contribution in [0.1, 0.15) is 19.3 Å². The fourth-order valence-corrected chi connectivity index (χ4v) is 1.23. The van der Waals surface area contributed by atoms with Gasteiger partial charge in [-0.2, -0.15) is 0 Å². The van der Waals surface area contributed by atoms with E-state index in [0.29, 0.717) is 6.42 Å². The molecular formula is C6H10FNO2. The van der Waals surface area contributed by atoms with E-state index in [-0.39, 0.29) is 18.9 Å². The monoisotopic (exact) mass is 147 g/mol. The third-order valence-corrected chi connectivity index (χ3v) is 1.88. The molecule has 10 heavy (non-hydrogen) atoms. The molecule has 0 bridgehead atoms. The standard InChI is InChI=1S/C6H10FNO2/c7-6(5(9)10)2-1-4(8)3-6/h4H,1-3,8H2,(H,9,10). The number of alkyl halides is 1. The zero-order valence-electron chi connectivity index (χ0n) is 5.51. The minimum absolute atomic E-state index is 0.0394. The summed E-state index contributed by atoms with van der Waals surface area (Å²) in [5.74, 6) is -1.37. The lowest BCUT2D eigenvalue weighted by molar-refractivity contribution is -0.150. The third-order valence-electron chi connectivity index (χ3n) is 1.88. The number of carbonyl (C=O) groups is 1. The maximum Gasteiger partial charge on any atom is 0.341 e. The number of nitrogens with two attached hydrogens (primary N) is 1. The van der Waals surface area contributed by atoms with E-state index in [1.165, 1.54) is 0 Å². The first-order chi connectivity index (χ1) is 4.54. The van der Waals surface area contributed by atoms with Gasteiger partial charge >= 0.3 is 5.97 Å². The van der Waals surface area contributed by atoms with Crippen LogP contribution < -0.4 is 5.73 Å². The van der Waals surface area contributed by atoms with Gasteiger partial charge in [0.05, 0.1) is 0 Å². The Morgan fingerprint density at radius 1 is 1.80 bits per heavy atom. The molecule has 2 unspecified atom stereocenters. The zero-order chi connectivity index (χ0) is 7.78. The van der Waals surface area contributed by atoms with E-state index in [1.54, 1.807) is 0 Å². The Kier molecular flexibility index (Phi) is 1.64. The molecule has 0 saturated heterocycles. The van der Waals surface area contributed by atoms with Crippen LogP contribution >= 0.6 is 0 Å². The molecule has 1 aliphatic rings. The predicted octanol–water partition coefficient (Wildman–Crippen LogP) is 0.290. The molecular weight excluding hydrogens is 137 g/mol. The van der Waals surface area contributed by atoms with Crippen molar-refractivity contribution in [3.05, 3.63) is 0 Å². The first-order valence-electron chi connectivity index (χ1n) is 3.22. The van der Waals surface area contributed by atoms with Crippen molar-refractivity contribution in [2.45, 2.75) is 31.0 Å². The van der Waals surface area contributed by atoms with Gasteiger partial charge in [-0.1, -0.05) is 0 Å². The summed E-state index contributed by atoms with van der Waals surface area (Å²) in [5.41, 5.74) is 3.30. The van der Waals surface area contributed by atoms with Crippen LogP contribution in [-0.2, 0) is 4.79 Å². The highest BCUT2D eigenvalue weighted by atomic mass is 19.1. The fourth-order valence-electron chi connectivity index (χ4n) is 1.23. The van der Waals surface area contributed by atoms with Crippen molar-refractivity contribution in [1.29, 1.82) is 0 Å². The Hall–Kier alpha value is -0.640. The Labute approximate surface area is 58.0 Å². The normalized spacial score (nSPS) is 40.0. The van der Waals surface area contributed by atoms with Crippen molar-refractivity contribution in [3.8, 4) is 0 Å². The molecule has 0 aliphatic heterocycles. The molecule has 1 fully saturated rings. The van der Waals surface area contributed by atoms with Crippen molar-refractivity contribution in [2.75, 3.05) is 0 Å². The molecule has 1 aliphatic carbocycles. The molecule has 0 aromatic rings. The smallest absolute Gasteiger partial charge is 0.341 e. The lowest BCUT2D eigenvalue weighted by Gasteiger charge is -2.11. The second-order valence-corrected chi connectivity index (χ2v) is 2.77. The number of halogens is 1. The van der Waals surface area contributed by atoms with E-state index in [1.807, 2.05) is 0 Å². The van der Waals surface area contributed by atoms with E-state index in [2.05, 4.69) is 0 Å². The second kappa shape index (κ2) is 2.20. The quantitative estimate of drug-likeness (QED) is 0.560. The van der Waals surface area contributed by atoms with E-state index in [0.717, 1.165) is 0 Å². The van der Waals surface area contributed by atoms with Gasteiger partial charge in [-0.05, 0) is 12.8 Å². The molecule has 0 aromatic heterocycles. The average Bonchev–Trinajstić information content (AvgIpc) is 2.13. The molecule has 0 amide bonds. The Balaban J connectivity index is 2.63. The van der Waals surface area contributed by atoms with Crippen LogP contribution in [0.4, 0.5) is 4.39 Å². The van der Waals surface area contributed by atoms with E-state index in [4.69, 9.17) is 10.8 Å². The molecule has 0 aromatic carbocycles. The molecule has 4 heteroatoms. The molecule has 3 N–H and O–H groups in total. The van der Waals surface area contributed by atoms with Crippen LogP contribution in [0.2, 0.25) is 0 Å². The zero-order valence-corrected chi connectivity index (χ0v) is 5.51. The highest BCUT2D eigenvalue weighted by molar-refractivity contribution is 5.77. The van der Waals surface area contributed by atoms with Gasteiger partial charge in [0.2, 0.25) is 5.67 Å². The van der Waals surface area contributed by atoms with E-state index in [9.17, 15) is 9.18 Å². The van der Waals surface area contributed by atoms with Gasteiger partial charge in [-0.25, -0.2) is 9.18 Å². The lowest BCUT2D eigenvalue weighted by atomic mass is 10.1. The van der Waals surface area contributed by atoms with Gasteiger partial charge in [-0.15, -0.1) is 0 Å². The van der Waals surface area contributed by atoms with Gasteiger partial charge in [0.15, 0.2) is 0 Å². The summed E-state index contributed by atoms with van der Waals surface area (Å²) in [6.07, 6.45) is 0.495. The molecule has 3 nitrogen and oxygen atoms in total. The predicted molar refractivity (Wildman–Crippen MR) is 33.3 cm³/mol. The topological polar surface area (TPSA) is 63.3 Å².